The zero-order valence-electron chi connectivity index (χ0n) is 10.5. The molecule has 0 aliphatic rings. The normalized spacial score (nSPS) is 10.1. The number of nitrogen functional groups attached to an aromatic ring is 1. The maximum atomic E-state index is 12.0. The molecule has 20 heavy (non-hydrogen) atoms. The summed E-state index contributed by atoms with van der Waals surface area (Å²) >= 11 is 6.11. The molecule has 0 bridgehead atoms. The van der Waals surface area contributed by atoms with Gasteiger partial charge in [0.2, 0.25) is 0 Å². The van der Waals surface area contributed by atoms with Crippen LogP contribution in [0.15, 0.2) is 18.5 Å². The number of aromatic nitrogens is 3. The van der Waals surface area contributed by atoms with Gasteiger partial charge in [0.05, 0.1) is 22.9 Å². The Morgan fingerprint density at radius 3 is 2.95 bits per heavy atom. The van der Waals surface area contributed by atoms with E-state index in [4.69, 9.17) is 27.3 Å². The number of hydrogen-bond acceptors (Lipinski definition) is 6. The number of hydrogen-bond donors (Lipinski definition) is 1. The predicted molar refractivity (Wildman–Crippen MR) is 71.5 cm³/mol. The first-order chi connectivity index (χ1) is 9.56. The van der Waals surface area contributed by atoms with Crippen LogP contribution in [0, 0.1) is 11.3 Å². The number of anilines is 1. The molecule has 0 aliphatic carbocycles. The predicted octanol–water partition coefficient (Wildman–Crippen LogP) is 1.55. The van der Waals surface area contributed by atoms with Crippen molar-refractivity contribution >= 4 is 23.3 Å². The highest BCUT2D eigenvalue weighted by molar-refractivity contribution is 6.33. The van der Waals surface area contributed by atoms with Crippen molar-refractivity contribution in [3.63, 3.8) is 0 Å². The van der Waals surface area contributed by atoms with Gasteiger partial charge in [-0.15, -0.1) is 5.10 Å². The molecule has 102 valence electrons. The second-order valence-corrected chi connectivity index (χ2v) is 4.15. The van der Waals surface area contributed by atoms with Gasteiger partial charge >= 0.3 is 5.97 Å². The fraction of sp³-hybridized carbons (Fsp3) is 0.167. The van der Waals surface area contributed by atoms with E-state index in [2.05, 4.69) is 10.1 Å². The van der Waals surface area contributed by atoms with E-state index in [0.29, 0.717) is 5.69 Å². The van der Waals surface area contributed by atoms with Gasteiger partial charge in [-0.3, -0.25) is 0 Å². The molecule has 0 saturated carbocycles. The fourth-order valence-corrected chi connectivity index (χ4v) is 1.95. The van der Waals surface area contributed by atoms with Crippen LogP contribution in [0.25, 0.3) is 5.69 Å². The minimum absolute atomic E-state index is 0.0345. The molecule has 8 heteroatoms. The summed E-state index contributed by atoms with van der Waals surface area (Å²) in [6.45, 7) is 1.90. The molecule has 0 amide bonds. The van der Waals surface area contributed by atoms with Gasteiger partial charge < -0.3 is 10.5 Å². The molecule has 0 radical (unpaired) electrons. The number of halogens is 1. The number of ether oxygens (including phenoxy) is 1. The third kappa shape index (κ3) is 2.55. The third-order valence-electron chi connectivity index (χ3n) is 2.40. The lowest BCUT2D eigenvalue weighted by molar-refractivity contribution is 0.0526. The van der Waals surface area contributed by atoms with Gasteiger partial charge in [0, 0.05) is 5.69 Å². The van der Waals surface area contributed by atoms with Crippen molar-refractivity contribution in [3.05, 3.63) is 34.9 Å². The molecule has 2 rings (SSSR count). The topological polar surface area (TPSA) is 107 Å². The van der Waals surface area contributed by atoms with Crippen LogP contribution < -0.4 is 5.73 Å². The van der Waals surface area contributed by atoms with Gasteiger partial charge in [-0.25, -0.2) is 14.5 Å². The van der Waals surface area contributed by atoms with Crippen LogP contribution >= 0.6 is 11.6 Å². The van der Waals surface area contributed by atoms with Crippen LogP contribution in [0.3, 0.4) is 0 Å². The second kappa shape index (κ2) is 5.59. The van der Waals surface area contributed by atoms with Crippen LogP contribution in [-0.2, 0) is 4.74 Å². The first-order valence-electron chi connectivity index (χ1n) is 5.65. The molecule has 2 N–H and O–H groups in total. The molecule has 0 spiro atoms. The van der Waals surface area contributed by atoms with Gasteiger partial charge in [-0.1, -0.05) is 11.6 Å². The molecule has 1 aromatic heterocycles. The lowest BCUT2D eigenvalue weighted by atomic mass is 10.1. The highest BCUT2D eigenvalue weighted by Gasteiger charge is 2.19. The quantitative estimate of drug-likeness (QED) is 0.679. The number of rotatable bonds is 3. The van der Waals surface area contributed by atoms with E-state index in [9.17, 15) is 4.79 Å². The Morgan fingerprint density at radius 1 is 1.60 bits per heavy atom. The van der Waals surface area contributed by atoms with Crippen LogP contribution in [0.5, 0.6) is 0 Å². The van der Waals surface area contributed by atoms with Gasteiger partial charge in [0.1, 0.15) is 12.4 Å². The van der Waals surface area contributed by atoms with E-state index in [-0.39, 0.29) is 28.7 Å². The number of benzene rings is 1. The highest BCUT2D eigenvalue weighted by Crippen LogP contribution is 2.27. The van der Waals surface area contributed by atoms with E-state index in [1.54, 1.807) is 13.0 Å². The smallest absolute Gasteiger partial charge is 0.340 e. The van der Waals surface area contributed by atoms with Gasteiger partial charge in [0.25, 0.3) is 5.82 Å². The molecule has 7 nitrogen and oxygen atoms in total. The SMILES string of the molecule is CCOC(=O)c1cc(N)cc(Cl)c1-n1cnc(C#N)n1. The summed E-state index contributed by atoms with van der Waals surface area (Å²) in [7, 11) is 0. The molecule has 0 saturated heterocycles. The average Bonchev–Trinajstić information content (AvgIpc) is 2.86. The maximum Gasteiger partial charge on any atom is 0.340 e. The average molecular weight is 292 g/mol. The molecule has 1 heterocycles. The van der Waals surface area contributed by atoms with Crippen molar-refractivity contribution in [2.24, 2.45) is 0 Å². The third-order valence-corrected chi connectivity index (χ3v) is 2.69. The van der Waals surface area contributed by atoms with Gasteiger partial charge in [-0.2, -0.15) is 5.26 Å². The molecular weight excluding hydrogens is 282 g/mol. The van der Waals surface area contributed by atoms with E-state index < -0.39 is 5.97 Å². The Bertz CT molecular complexity index is 704. The molecule has 0 unspecified atom stereocenters. The van der Waals surface area contributed by atoms with Crippen molar-refractivity contribution in [2.45, 2.75) is 6.92 Å². The molecule has 0 fully saturated rings. The van der Waals surface area contributed by atoms with E-state index in [1.807, 2.05) is 0 Å². The zero-order valence-corrected chi connectivity index (χ0v) is 11.3. The van der Waals surface area contributed by atoms with Crippen LogP contribution in [0.4, 0.5) is 5.69 Å². The Hall–Kier alpha value is -2.59. The van der Waals surface area contributed by atoms with Gasteiger partial charge in [0.15, 0.2) is 0 Å². The summed E-state index contributed by atoms with van der Waals surface area (Å²) in [6, 6.07) is 4.71. The van der Waals surface area contributed by atoms with Crippen molar-refractivity contribution in [1.29, 1.82) is 5.26 Å². The molecule has 1 aromatic carbocycles. The summed E-state index contributed by atoms with van der Waals surface area (Å²) in [5.41, 5.74) is 6.43. The zero-order chi connectivity index (χ0) is 14.7. The molecular formula is C12H10ClN5O2. The van der Waals surface area contributed by atoms with Crippen molar-refractivity contribution < 1.29 is 9.53 Å². The highest BCUT2D eigenvalue weighted by atomic mass is 35.5. The summed E-state index contributed by atoms with van der Waals surface area (Å²) in [5.74, 6) is -0.613. The summed E-state index contributed by atoms with van der Waals surface area (Å²) in [4.78, 5) is 15.7. The van der Waals surface area contributed by atoms with Crippen LogP contribution in [0.1, 0.15) is 23.1 Å². The number of nitriles is 1. The van der Waals surface area contributed by atoms with E-state index >= 15 is 0 Å². The monoisotopic (exact) mass is 291 g/mol. The number of carbonyl (C=O) groups is 1. The maximum absolute atomic E-state index is 12.0. The first kappa shape index (κ1) is 13.8. The van der Waals surface area contributed by atoms with E-state index in [0.717, 1.165) is 0 Å². The van der Waals surface area contributed by atoms with Crippen LogP contribution in [0.2, 0.25) is 5.02 Å². The largest absolute Gasteiger partial charge is 0.462 e. The molecule has 0 aliphatic heterocycles. The lowest BCUT2D eigenvalue weighted by Gasteiger charge is -2.11. The Kier molecular flexibility index (Phi) is 3.86. The minimum atomic E-state index is -0.578. The number of carbonyl (C=O) groups excluding carboxylic acids is 1. The summed E-state index contributed by atoms with van der Waals surface area (Å²) in [5, 5.41) is 12.9. The Labute approximate surface area is 119 Å². The van der Waals surface area contributed by atoms with Crippen molar-refractivity contribution in [2.75, 3.05) is 12.3 Å². The Balaban J connectivity index is 2.61. The van der Waals surface area contributed by atoms with E-state index in [1.165, 1.54) is 23.1 Å². The molecule has 0 atom stereocenters. The summed E-state index contributed by atoms with van der Waals surface area (Å²) < 4.78 is 6.20. The number of nitrogens with zero attached hydrogens (tertiary/aromatic N) is 4. The standard InChI is InChI=1S/C12H10ClN5O2/c1-2-20-12(19)8-3-7(15)4-9(13)11(8)18-6-16-10(5-14)17-18/h3-4,6H,2,15H2,1H3. The van der Waals surface area contributed by atoms with Crippen molar-refractivity contribution in [3.8, 4) is 11.8 Å². The van der Waals surface area contributed by atoms with Crippen LogP contribution in [-0.4, -0.2) is 27.3 Å². The lowest BCUT2D eigenvalue weighted by Crippen LogP contribution is -2.11. The Morgan fingerprint density at radius 2 is 2.35 bits per heavy atom. The van der Waals surface area contributed by atoms with Crippen molar-refractivity contribution in [1.82, 2.24) is 14.8 Å². The number of esters is 1. The number of nitrogens with two attached hydrogens (primary N) is 1. The van der Waals surface area contributed by atoms with Gasteiger partial charge in [-0.05, 0) is 19.1 Å². The molecule has 2 aromatic rings. The second-order valence-electron chi connectivity index (χ2n) is 3.74. The fourth-order valence-electron chi connectivity index (χ4n) is 1.64. The summed E-state index contributed by atoms with van der Waals surface area (Å²) in [6.07, 6.45) is 1.29. The first-order valence-corrected chi connectivity index (χ1v) is 6.03. The minimum Gasteiger partial charge on any atom is -0.462 e.